The minimum Gasteiger partial charge on any atom is -0.494 e. The Kier molecular flexibility index (Phi) is 5.88. The predicted molar refractivity (Wildman–Crippen MR) is 109 cm³/mol. The zero-order valence-electron chi connectivity index (χ0n) is 15.5. The second kappa shape index (κ2) is 8.70. The number of carbonyl (C=O) groups excluding carboxylic acids is 1. The molecule has 2 aromatic carbocycles. The van der Waals surface area contributed by atoms with E-state index in [2.05, 4.69) is 20.8 Å². The summed E-state index contributed by atoms with van der Waals surface area (Å²) in [5.41, 5.74) is 1.86. The Balaban J connectivity index is 1.84. The second-order valence-electron chi connectivity index (χ2n) is 6.16. The van der Waals surface area contributed by atoms with Gasteiger partial charge in [-0.15, -0.1) is 0 Å². The maximum atomic E-state index is 12.2. The van der Waals surface area contributed by atoms with Gasteiger partial charge >= 0.3 is 11.7 Å². The number of para-hydroxylation sites is 1. The number of aromatic amines is 1. The van der Waals surface area contributed by atoms with Crippen molar-refractivity contribution in [1.29, 1.82) is 0 Å². The fraction of sp³-hybridized carbons (Fsp3) is 0.100. The summed E-state index contributed by atoms with van der Waals surface area (Å²) in [6, 6.07) is 17.1. The lowest BCUT2D eigenvalue weighted by atomic mass is 10.2. The molecule has 1 heterocycles. The van der Waals surface area contributed by atoms with Gasteiger partial charge in [-0.05, 0) is 24.6 Å². The van der Waals surface area contributed by atoms with Crippen molar-refractivity contribution >= 4 is 17.4 Å². The van der Waals surface area contributed by atoms with E-state index in [9.17, 15) is 19.5 Å². The molecule has 0 fully saturated rings. The van der Waals surface area contributed by atoms with Crippen molar-refractivity contribution in [2.24, 2.45) is 5.10 Å². The van der Waals surface area contributed by atoms with Gasteiger partial charge < -0.3 is 10.4 Å². The Hall–Kier alpha value is -4.14. The Morgan fingerprint density at radius 2 is 1.69 bits per heavy atom. The quantitative estimate of drug-likeness (QED) is 0.389. The summed E-state index contributed by atoms with van der Waals surface area (Å²) in [7, 11) is 0. The molecule has 29 heavy (non-hydrogen) atoms. The van der Waals surface area contributed by atoms with Crippen LogP contribution in [-0.4, -0.2) is 26.4 Å². The molecule has 148 valence electrons. The average molecular weight is 393 g/mol. The number of benzene rings is 2. The van der Waals surface area contributed by atoms with Crippen LogP contribution in [0.4, 0.5) is 10.5 Å². The number of aromatic nitrogens is 2. The first kappa shape index (κ1) is 19.6. The first-order valence-corrected chi connectivity index (χ1v) is 8.72. The third kappa shape index (κ3) is 4.78. The number of anilines is 1. The SMILES string of the molecule is CC(=NNC(=O)Nc1ccccc1)c1c(O)n(Cc2ccccc2)c(=O)[nH]c1=O. The number of nitrogens with zero attached hydrogens (tertiary/aromatic N) is 2. The molecular weight excluding hydrogens is 374 g/mol. The molecule has 0 atom stereocenters. The molecule has 2 amide bonds. The van der Waals surface area contributed by atoms with Gasteiger partial charge in [0.1, 0.15) is 5.56 Å². The summed E-state index contributed by atoms with van der Waals surface area (Å²) in [4.78, 5) is 38.4. The fourth-order valence-electron chi connectivity index (χ4n) is 2.67. The number of carbonyl (C=O) groups is 1. The molecule has 0 aliphatic rings. The number of H-pyrrole nitrogens is 1. The van der Waals surface area contributed by atoms with E-state index in [4.69, 9.17) is 0 Å². The number of hydrogen-bond acceptors (Lipinski definition) is 5. The number of hydrogen-bond donors (Lipinski definition) is 4. The lowest BCUT2D eigenvalue weighted by molar-refractivity contribution is 0.252. The fourth-order valence-corrected chi connectivity index (χ4v) is 2.67. The summed E-state index contributed by atoms with van der Waals surface area (Å²) < 4.78 is 1.02. The van der Waals surface area contributed by atoms with Crippen molar-refractivity contribution in [3.63, 3.8) is 0 Å². The third-order valence-corrected chi connectivity index (χ3v) is 4.07. The minimum absolute atomic E-state index is 0.0359. The third-order valence-electron chi connectivity index (χ3n) is 4.07. The molecule has 0 aliphatic heterocycles. The lowest BCUT2D eigenvalue weighted by Crippen LogP contribution is -2.34. The minimum atomic E-state index is -0.802. The van der Waals surface area contributed by atoms with Crippen LogP contribution >= 0.6 is 0 Å². The molecule has 3 aromatic rings. The van der Waals surface area contributed by atoms with Gasteiger partial charge in [0.2, 0.25) is 5.88 Å². The summed E-state index contributed by atoms with van der Waals surface area (Å²) >= 11 is 0. The topological polar surface area (TPSA) is 129 Å². The van der Waals surface area contributed by atoms with Crippen LogP contribution < -0.4 is 22.0 Å². The van der Waals surface area contributed by atoms with Gasteiger partial charge in [-0.1, -0.05) is 48.5 Å². The molecule has 4 N–H and O–H groups in total. The number of amides is 2. The van der Waals surface area contributed by atoms with E-state index in [0.29, 0.717) is 5.69 Å². The first-order valence-electron chi connectivity index (χ1n) is 8.72. The van der Waals surface area contributed by atoms with Gasteiger partial charge in [-0.25, -0.2) is 15.0 Å². The van der Waals surface area contributed by atoms with Crippen molar-refractivity contribution in [3.8, 4) is 5.88 Å². The van der Waals surface area contributed by atoms with E-state index in [1.165, 1.54) is 6.92 Å². The van der Waals surface area contributed by atoms with Crippen LogP contribution in [-0.2, 0) is 6.54 Å². The van der Waals surface area contributed by atoms with Crippen LogP contribution in [0.1, 0.15) is 18.1 Å². The highest BCUT2D eigenvalue weighted by molar-refractivity contribution is 6.01. The smallest absolute Gasteiger partial charge is 0.339 e. The molecule has 0 aliphatic carbocycles. The Labute approximate surface area is 165 Å². The van der Waals surface area contributed by atoms with Gasteiger partial charge in [0.15, 0.2) is 0 Å². The Morgan fingerprint density at radius 3 is 2.34 bits per heavy atom. The van der Waals surface area contributed by atoms with Crippen molar-refractivity contribution in [2.75, 3.05) is 5.32 Å². The Bertz CT molecular complexity index is 1150. The van der Waals surface area contributed by atoms with Gasteiger partial charge in [-0.3, -0.25) is 14.3 Å². The number of aromatic hydroxyl groups is 1. The zero-order valence-corrected chi connectivity index (χ0v) is 15.5. The monoisotopic (exact) mass is 393 g/mol. The molecular formula is C20H19N5O4. The summed E-state index contributed by atoms with van der Waals surface area (Å²) in [5, 5.41) is 16.9. The first-order chi connectivity index (χ1) is 14.0. The number of rotatable bonds is 5. The molecule has 0 saturated heterocycles. The van der Waals surface area contributed by atoms with Gasteiger partial charge in [0.05, 0.1) is 12.3 Å². The molecule has 1 aromatic heterocycles. The van der Waals surface area contributed by atoms with Crippen LogP contribution in [0, 0.1) is 0 Å². The van der Waals surface area contributed by atoms with E-state index in [1.54, 1.807) is 48.5 Å². The van der Waals surface area contributed by atoms with Crippen LogP contribution in [0.3, 0.4) is 0 Å². The number of urea groups is 1. The highest BCUT2D eigenvalue weighted by atomic mass is 16.3. The average Bonchev–Trinajstić information content (AvgIpc) is 2.71. The van der Waals surface area contributed by atoms with Crippen LogP contribution in [0.25, 0.3) is 0 Å². The highest BCUT2D eigenvalue weighted by Gasteiger charge is 2.17. The molecule has 0 spiro atoms. The van der Waals surface area contributed by atoms with E-state index < -0.39 is 23.2 Å². The van der Waals surface area contributed by atoms with Crippen LogP contribution in [0.5, 0.6) is 5.88 Å². The molecule has 3 rings (SSSR count). The maximum Gasteiger partial charge on any atom is 0.339 e. The standard InChI is InChI=1S/C20H19N5O4/c1-13(23-24-19(28)21-15-10-6-3-7-11-15)16-17(26)22-20(29)25(18(16)27)12-14-8-4-2-5-9-14/h2-11,27H,12H2,1H3,(H2,21,24,28)(H,22,26,29). The summed E-state index contributed by atoms with van der Waals surface area (Å²) in [6.45, 7) is 1.49. The molecule has 9 heteroatoms. The largest absolute Gasteiger partial charge is 0.494 e. The second-order valence-corrected chi connectivity index (χ2v) is 6.16. The summed E-state index contributed by atoms with van der Waals surface area (Å²) in [6.07, 6.45) is 0. The van der Waals surface area contributed by atoms with E-state index in [1.807, 2.05) is 12.1 Å². The maximum absolute atomic E-state index is 12.2. The predicted octanol–water partition coefficient (Wildman–Crippen LogP) is 1.84. The van der Waals surface area contributed by atoms with Gasteiger partial charge in [-0.2, -0.15) is 5.10 Å². The van der Waals surface area contributed by atoms with Crippen LogP contribution in [0.2, 0.25) is 0 Å². The normalized spacial score (nSPS) is 11.1. The van der Waals surface area contributed by atoms with Gasteiger partial charge in [0.25, 0.3) is 5.56 Å². The molecule has 0 bridgehead atoms. The van der Waals surface area contributed by atoms with Crippen LogP contribution in [0.15, 0.2) is 75.4 Å². The Morgan fingerprint density at radius 1 is 1.07 bits per heavy atom. The number of nitrogens with one attached hydrogen (secondary N) is 3. The lowest BCUT2D eigenvalue weighted by Gasteiger charge is -2.11. The molecule has 9 nitrogen and oxygen atoms in total. The van der Waals surface area contributed by atoms with Gasteiger partial charge in [0, 0.05) is 5.69 Å². The van der Waals surface area contributed by atoms with E-state index in [-0.39, 0.29) is 17.8 Å². The molecule has 0 radical (unpaired) electrons. The molecule has 0 unspecified atom stereocenters. The summed E-state index contributed by atoms with van der Waals surface area (Å²) in [5.74, 6) is -0.533. The number of hydrazone groups is 1. The van der Waals surface area contributed by atoms with Crippen molar-refractivity contribution in [1.82, 2.24) is 15.0 Å². The zero-order chi connectivity index (χ0) is 20.8. The molecule has 0 saturated carbocycles. The van der Waals surface area contributed by atoms with E-state index >= 15 is 0 Å². The highest BCUT2D eigenvalue weighted by Crippen LogP contribution is 2.13. The van der Waals surface area contributed by atoms with E-state index in [0.717, 1.165) is 10.1 Å². The van der Waals surface area contributed by atoms with Crippen molar-refractivity contribution < 1.29 is 9.90 Å². The van der Waals surface area contributed by atoms with Crippen molar-refractivity contribution in [3.05, 3.63) is 92.6 Å². The van der Waals surface area contributed by atoms with Crippen molar-refractivity contribution in [2.45, 2.75) is 13.5 Å².